The lowest BCUT2D eigenvalue weighted by Crippen LogP contribution is -2.41. The number of hydrogen-bond donors (Lipinski definition) is 10. The number of alkyl halides is 1. The molecule has 772 valence electrons. The van der Waals surface area contributed by atoms with Crippen molar-refractivity contribution >= 4 is 11.6 Å². The molecule has 11 heterocycles. The molecule has 24 atom stereocenters. The van der Waals surface area contributed by atoms with Crippen molar-refractivity contribution in [3.63, 3.8) is 0 Å². The first-order valence-electron chi connectivity index (χ1n) is 46.0. The fourth-order valence-electron chi connectivity index (χ4n) is 16.3. The van der Waals surface area contributed by atoms with Crippen LogP contribution >= 0.6 is 11.6 Å². The van der Waals surface area contributed by atoms with Crippen LogP contribution in [-0.4, -0.2) is 284 Å². The summed E-state index contributed by atoms with van der Waals surface area (Å²) < 4.78 is 99.5. The molecule has 8 aromatic rings. The number of benzene rings is 3. The van der Waals surface area contributed by atoms with E-state index in [9.17, 15) is 73.8 Å². The fourth-order valence-corrected chi connectivity index (χ4v) is 16.7. The molecule has 10 N–H and O–H groups in total. The third-order valence-electron chi connectivity index (χ3n) is 23.4. The van der Waals surface area contributed by atoms with Gasteiger partial charge in [0.15, 0.2) is 37.2 Å². The van der Waals surface area contributed by atoms with E-state index in [1.807, 2.05) is 127 Å². The van der Waals surface area contributed by atoms with Crippen LogP contribution in [0.25, 0.3) is 0 Å². The largest absolute Gasteiger partial charge is 0.497 e. The summed E-state index contributed by atoms with van der Waals surface area (Å²) in [6.45, 7) is 28.9. The molecule has 0 spiro atoms. The van der Waals surface area contributed by atoms with E-state index in [1.54, 1.807) is 95.0 Å². The van der Waals surface area contributed by atoms with Gasteiger partial charge >= 0.3 is 28.8 Å². The number of nitrogens with one attached hydrogen (secondary N) is 4. The standard InChI is InChI=1S/C21H19ClO2.3C15H24N2O6.C14H22N2O7.C11H14N2O4.C5H12O/c1-23-19-12-8-17(9-13-19)21(22,16-6-4-3-5-7-16)18-10-14-20(24-2)15-11-18;3*1-5-10-11(18)12(22-9(3)7-21-4)14(23-10)17-6-8(2)13(19)16-15(17)20;1-7-4-16(14(20)15-12(7)19)13-11(22-8(2)6-21-3)10(18)9(5-17)23-13;1-3-6-7(14)8-10(16-6)13-4-5(2)9(15)12-11(13)17-8;1-5(2)4-6-3/h3-15H,1-2H3;3*6,9-12,14,18H,5,7H2,1-4H3,(H,16,19,20);4,8-11,13,17-18H,5-6H2,1-3H3,(H,15,19,20);4,6-8,10,14H,3H2,1-2H3;5H,4H2,1-3H3/t;9?,10-,11?,12+,14-;9-,10+,11?,12-,14+;9-,10-,11?,12+,14-;8?,9-,10?,11+,13-;6-,7?,8-,10-;/m.10111./s1. The summed E-state index contributed by atoms with van der Waals surface area (Å²) in [5.74, 6) is 2.29. The number of aromatic nitrogens is 10. The van der Waals surface area contributed by atoms with Crippen molar-refractivity contribution in [3.8, 4) is 17.5 Å². The maximum atomic E-state index is 12.1. The summed E-state index contributed by atoms with van der Waals surface area (Å²) in [5.41, 5.74) is 0.401. The van der Waals surface area contributed by atoms with E-state index in [-0.39, 0.29) is 48.3 Å². The third-order valence-corrected chi connectivity index (χ3v) is 24.1. The zero-order valence-electron chi connectivity index (χ0n) is 82.8. The highest BCUT2D eigenvalue weighted by Gasteiger charge is 2.53. The van der Waals surface area contributed by atoms with Gasteiger partial charge < -0.3 is 111 Å². The molecule has 5 fully saturated rings. The van der Waals surface area contributed by atoms with Crippen molar-refractivity contribution < 1.29 is 111 Å². The van der Waals surface area contributed by atoms with Crippen LogP contribution in [0.3, 0.4) is 0 Å². The molecule has 42 nitrogen and oxygen atoms in total. The maximum absolute atomic E-state index is 12.1. The van der Waals surface area contributed by atoms with E-state index in [0.29, 0.717) is 79.4 Å². The zero-order chi connectivity index (χ0) is 103. The molecule has 5 saturated heterocycles. The molecule has 0 bridgehead atoms. The molecule has 6 aliphatic rings. The molecule has 3 aromatic carbocycles. The second-order valence-corrected chi connectivity index (χ2v) is 35.4. The Labute approximate surface area is 809 Å². The fraction of sp³-hybridized carbons (Fsp3) is 0.604. The van der Waals surface area contributed by atoms with Crippen LogP contribution in [-0.2, 0) is 71.2 Å². The van der Waals surface area contributed by atoms with E-state index < -0.39 is 167 Å². The number of ether oxygens (including phenoxy) is 17. The van der Waals surface area contributed by atoms with Crippen LogP contribution in [0.1, 0.15) is 171 Å². The van der Waals surface area contributed by atoms with Crippen LogP contribution in [0.5, 0.6) is 17.5 Å². The van der Waals surface area contributed by atoms with Gasteiger partial charge in [-0.15, -0.1) is 11.6 Å². The summed E-state index contributed by atoms with van der Waals surface area (Å²) in [7, 11) is 11.2. The molecular weight excluding hydrogens is 1840 g/mol. The SMILES string of the molecule is CC[C@H]1O[C@@H](n2cc(C)c(=O)[nH]c2=O)[C@@H](OC(C)COC)C1O.CC[C@H]1O[C@@H](n2cc(C)c(=O)[nH]c2=O)[C@@H](O[C@@H](C)COC)C1O.CC[C@H]1O[C@@H](n2cc(C)c(=O)[nH]c2=O)[C@@H](O[C@H](C)COC)C1O.CC[C@H]1O[C@@H]2[C@H](Oc3nc(=O)c(C)cn32)C1O.COCC(C)C.COCC(C)O[C@H]1C(O)[C@@H](CO)O[C@H]1n1cc(C)c(=O)[nH]c1=O.COc1ccc(C(Cl)(c2ccccc2)c2ccc(OC)cc2)cc1. The van der Waals surface area contributed by atoms with Crippen LogP contribution in [0.15, 0.2) is 153 Å². The number of aliphatic hydroxyl groups is 6. The summed E-state index contributed by atoms with van der Waals surface area (Å²) in [6, 6.07) is 26.0. The van der Waals surface area contributed by atoms with Crippen LogP contribution in [0, 0.1) is 40.5 Å². The first-order valence-corrected chi connectivity index (χ1v) is 46.4. The van der Waals surface area contributed by atoms with E-state index in [4.69, 9.17) is 92.1 Å². The highest BCUT2D eigenvalue weighted by Crippen LogP contribution is 2.45. The molecule has 14 rings (SSSR count). The Morgan fingerprint density at radius 2 is 0.647 bits per heavy atom. The molecule has 0 saturated carbocycles. The molecule has 43 heteroatoms. The predicted octanol–water partition coefficient (Wildman–Crippen LogP) is 4.82. The van der Waals surface area contributed by atoms with Crippen molar-refractivity contribution in [1.82, 2.24) is 47.8 Å². The number of rotatable bonds is 32. The Balaban J connectivity index is 0.000000202. The van der Waals surface area contributed by atoms with Gasteiger partial charge in [0.2, 0.25) is 0 Å². The monoisotopic (exact) mass is 1980 g/mol. The topological polar surface area (TPSA) is 533 Å². The van der Waals surface area contributed by atoms with Crippen molar-refractivity contribution in [2.75, 3.05) is 89.4 Å². The van der Waals surface area contributed by atoms with Crippen LogP contribution in [0.2, 0.25) is 0 Å². The second-order valence-electron chi connectivity index (χ2n) is 34.8. The summed E-state index contributed by atoms with van der Waals surface area (Å²) in [4.78, 5) is 118. The number of aryl methyl sites for hydroxylation is 5. The van der Waals surface area contributed by atoms with Gasteiger partial charge in [-0.2, -0.15) is 4.98 Å². The molecule has 0 amide bonds. The first kappa shape index (κ1) is 114. The molecular formula is C96H139ClN10O32. The Hall–Kier alpha value is -9.85. The highest BCUT2D eigenvalue weighted by molar-refractivity contribution is 6.28. The number of hydrogen-bond acceptors (Lipinski definition) is 33. The number of aromatic amines is 4. The number of halogens is 1. The average molecular weight is 1980 g/mol. The van der Waals surface area contributed by atoms with Crippen molar-refractivity contribution in [3.05, 3.63) is 248 Å². The van der Waals surface area contributed by atoms with E-state index in [0.717, 1.165) is 45.8 Å². The quantitative estimate of drug-likeness (QED) is 0.0199. The summed E-state index contributed by atoms with van der Waals surface area (Å²) >= 11 is 7.22. The molecule has 0 radical (unpaired) electrons. The van der Waals surface area contributed by atoms with Gasteiger partial charge in [0.25, 0.3) is 27.8 Å². The second kappa shape index (κ2) is 53.8. The minimum Gasteiger partial charge on any atom is -0.497 e. The number of fused-ring (bicyclic) bond motifs is 3. The molecule has 5 aromatic heterocycles. The van der Waals surface area contributed by atoms with Gasteiger partial charge in [0.05, 0.1) is 96.1 Å². The minimum absolute atomic E-state index is 0.224. The Bertz CT molecular complexity index is 5220. The molecule has 7 unspecified atom stereocenters. The average Bonchev–Trinajstić information content (AvgIpc) is 1.50. The van der Waals surface area contributed by atoms with Crippen molar-refractivity contribution in [2.24, 2.45) is 5.92 Å². The van der Waals surface area contributed by atoms with Crippen molar-refractivity contribution in [1.29, 1.82) is 0 Å². The van der Waals surface area contributed by atoms with Crippen molar-refractivity contribution in [2.45, 2.75) is 282 Å². The third kappa shape index (κ3) is 29.0. The van der Waals surface area contributed by atoms with Gasteiger partial charge in [-0.1, -0.05) is 96.1 Å². The molecule has 6 aliphatic heterocycles. The zero-order valence-corrected chi connectivity index (χ0v) is 83.5. The van der Waals surface area contributed by atoms with Crippen LogP contribution in [0.4, 0.5) is 0 Å². The van der Waals surface area contributed by atoms with E-state index in [1.165, 1.54) is 45.6 Å². The maximum Gasteiger partial charge on any atom is 0.330 e. The van der Waals surface area contributed by atoms with Gasteiger partial charge in [0, 0.05) is 101 Å². The number of methoxy groups -OCH3 is 7. The number of aliphatic hydroxyl groups excluding tert-OH is 6. The van der Waals surface area contributed by atoms with Gasteiger partial charge in [-0.05, 0) is 135 Å². The lowest BCUT2D eigenvalue weighted by atomic mass is 9.84. The van der Waals surface area contributed by atoms with Crippen LogP contribution < -0.4 is 64.8 Å². The van der Waals surface area contributed by atoms with Gasteiger partial charge in [0.1, 0.15) is 77.4 Å². The lowest BCUT2D eigenvalue weighted by Gasteiger charge is -2.29. The smallest absolute Gasteiger partial charge is 0.330 e. The molecule has 0 aliphatic carbocycles. The minimum atomic E-state index is -1.12. The Morgan fingerprint density at radius 3 is 0.921 bits per heavy atom. The number of nitrogens with zero attached hydrogens (tertiary/aromatic N) is 6. The van der Waals surface area contributed by atoms with Gasteiger partial charge in [-0.3, -0.25) is 66.7 Å². The van der Waals surface area contributed by atoms with E-state index >= 15 is 0 Å². The summed E-state index contributed by atoms with van der Waals surface area (Å²) in [5, 5.41) is 60.9. The highest BCUT2D eigenvalue weighted by atomic mass is 35.5. The van der Waals surface area contributed by atoms with E-state index in [2.05, 4.69) is 38.8 Å². The number of H-pyrrole nitrogens is 4. The normalized spacial score (nSPS) is 25.7. The Morgan fingerprint density at radius 1 is 0.374 bits per heavy atom. The lowest BCUT2D eigenvalue weighted by molar-refractivity contribution is -0.111. The predicted molar refractivity (Wildman–Crippen MR) is 509 cm³/mol. The van der Waals surface area contributed by atoms with Gasteiger partial charge in [-0.25, -0.2) is 19.2 Å². The summed E-state index contributed by atoms with van der Waals surface area (Å²) in [6.07, 6.45) is -5.63. The Kier molecular flexibility index (Phi) is 44.3. The molecule has 139 heavy (non-hydrogen) atoms. The first-order chi connectivity index (χ1) is 66.1.